The van der Waals surface area contributed by atoms with Crippen molar-refractivity contribution in [3.05, 3.63) is 216 Å². The van der Waals surface area contributed by atoms with Crippen LogP contribution in [0.3, 0.4) is 0 Å². The third-order valence-corrected chi connectivity index (χ3v) is 8.51. The Balaban J connectivity index is 1.24. The van der Waals surface area contributed by atoms with Crippen LogP contribution in [-0.2, 0) is 0 Å². The number of fused-ring (bicyclic) bond motifs is 2. The molecule has 0 bridgehead atoms. The van der Waals surface area contributed by atoms with E-state index in [1.165, 1.54) is 0 Å². The smallest absolute Gasteiger partial charge is 0.152 e. The van der Waals surface area contributed by atoms with E-state index in [1.54, 1.807) is 0 Å². The molecule has 0 atom stereocenters. The van der Waals surface area contributed by atoms with Crippen LogP contribution in [0.4, 0.5) is 17.2 Å². The fourth-order valence-corrected chi connectivity index (χ4v) is 6.23. The summed E-state index contributed by atoms with van der Waals surface area (Å²) < 4.78 is 6.77. The number of ether oxygens (including phenoxy) is 1. The van der Waals surface area contributed by atoms with Gasteiger partial charge < -0.3 is 4.74 Å². The monoisotopic (exact) mass is 616 g/mol. The fourth-order valence-electron chi connectivity index (χ4n) is 6.23. The Morgan fingerprint density at radius 3 is 1.21 bits per heavy atom. The number of hydrogen-bond donors (Lipinski definition) is 0. The zero-order valence-electron chi connectivity index (χ0n) is 26.3. The van der Waals surface area contributed by atoms with Gasteiger partial charge in [-0.25, -0.2) is 4.98 Å². The van der Waals surface area contributed by atoms with Crippen LogP contribution in [0.5, 0.6) is 11.5 Å². The van der Waals surface area contributed by atoms with Gasteiger partial charge in [0, 0.05) is 6.20 Å². The molecule has 1 aromatic heterocycles. The van der Waals surface area contributed by atoms with E-state index in [9.17, 15) is 0 Å². The minimum absolute atomic E-state index is 0.773. The minimum Gasteiger partial charge on any atom is -0.453 e. The summed E-state index contributed by atoms with van der Waals surface area (Å²) in [7, 11) is 0. The molecule has 0 spiro atoms. The predicted molar refractivity (Wildman–Crippen MR) is 199 cm³/mol. The molecule has 0 saturated heterocycles. The van der Waals surface area contributed by atoms with Crippen molar-refractivity contribution < 1.29 is 4.74 Å². The maximum absolute atomic E-state index is 6.77. The Labute approximate surface area is 281 Å². The van der Waals surface area contributed by atoms with Gasteiger partial charge in [0.05, 0.1) is 11.4 Å². The number of hydrogen-bond acceptors (Lipinski definition) is 3. The van der Waals surface area contributed by atoms with Crippen LogP contribution in [-0.4, -0.2) is 4.98 Å². The molecule has 0 radical (unpaired) electrons. The molecule has 8 rings (SSSR count). The first-order chi connectivity index (χ1) is 23.8. The summed E-state index contributed by atoms with van der Waals surface area (Å²) in [4.78, 5) is 6.93. The molecule has 0 saturated carbocycles. The van der Waals surface area contributed by atoms with Gasteiger partial charge in [0.15, 0.2) is 11.5 Å². The number of pyridine rings is 1. The van der Waals surface area contributed by atoms with E-state index in [-0.39, 0.29) is 0 Å². The Bertz CT molecular complexity index is 2000. The van der Waals surface area contributed by atoms with Crippen LogP contribution >= 0.6 is 0 Å². The van der Waals surface area contributed by atoms with E-state index in [2.05, 4.69) is 175 Å². The molecule has 1 aliphatic heterocycles. The van der Waals surface area contributed by atoms with Crippen LogP contribution in [0.1, 0.15) is 33.4 Å². The predicted octanol–water partition coefficient (Wildman–Crippen LogP) is 11.8. The first-order valence-corrected chi connectivity index (χ1v) is 16.1. The molecule has 0 aliphatic carbocycles. The highest BCUT2D eigenvalue weighted by Crippen LogP contribution is 2.51. The summed E-state index contributed by atoms with van der Waals surface area (Å²) in [6.45, 7) is 0. The Hall–Kier alpha value is -6.45. The number of rotatable bonds is 7. The summed E-state index contributed by atoms with van der Waals surface area (Å²) in [5, 5.41) is 0. The molecule has 0 fully saturated rings. The summed E-state index contributed by atoms with van der Waals surface area (Å²) >= 11 is 0. The van der Waals surface area contributed by atoms with E-state index < -0.39 is 0 Å². The largest absolute Gasteiger partial charge is 0.453 e. The van der Waals surface area contributed by atoms with Crippen molar-refractivity contribution in [3.8, 4) is 11.5 Å². The van der Waals surface area contributed by atoms with Crippen molar-refractivity contribution in [3.63, 3.8) is 0 Å². The van der Waals surface area contributed by atoms with Gasteiger partial charge in [-0.3, -0.25) is 4.90 Å². The molecule has 6 aromatic carbocycles. The number of aromatic nitrogens is 1. The lowest BCUT2D eigenvalue weighted by Gasteiger charge is -2.32. The van der Waals surface area contributed by atoms with Crippen LogP contribution in [0.2, 0.25) is 0 Å². The van der Waals surface area contributed by atoms with Gasteiger partial charge in [-0.15, -0.1) is 0 Å². The fraction of sp³-hybridized carbons (Fsp3) is 0. The molecule has 48 heavy (non-hydrogen) atoms. The Morgan fingerprint density at radius 1 is 0.438 bits per heavy atom. The Kier molecular flexibility index (Phi) is 7.92. The second-order valence-corrected chi connectivity index (χ2v) is 11.7. The molecule has 0 N–H and O–H groups in total. The van der Waals surface area contributed by atoms with Crippen LogP contribution in [0, 0.1) is 0 Å². The zero-order valence-corrected chi connectivity index (χ0v) is 26.3. The van der Waals surface area contributed by atoms with Crippen molar-refractivity contribution in [2.24, 2.45) is 0 Å². The van der Waals surface area contributed by atoms with E-state index >= 15 is 0 Å². The van der Waals surface area contributed by atoms with Crippen LogP contribution < -0.4 is 9.64 Å². The standard InChI is InChI=1S/C45H32N2O/c1-5-15-35(16-6-1)39(36-17-7-2-8-18-36)29-33-24-26-41-43(31-33)48-44-32-34(25-27-42(44)47(41)45-23-13-14-28-46-45)30-40(37-19-9-3-10-20-37)38-21-11-4-12-22-38/h1-32H. The summed E-state index contributed by atoms with van der Waals surface area (Å²) in [5.41, 5.74) is 10.9. The van der Waals surface area contributed by atoms with Crippen molar-refractivity contribution in [1.29, 1.82) is 0 Å². The highest BCUT2D eigenvalue weighted by atomic mass is 16.5. The van der Waals surface area contributed by atoms with Gasteiger partial charge in [0.2, 0.25) is 0 Å². The van der Waals surface area contributed by atoms with Crippen LogP contribution in [0.25, 0.3) is 23.3 Å². The average Bonchev–Trinajstić information content (AvgIpc) is 3.16. The molecule has 228 valence electrons. The lowest BCUT2D eigenvalue weighted by molar-refractivity contribution is 0.476. The quantitative estimate of drug-likeness (QED) is 0.167. The molecule has 3 heteroatoms. The van der Waals surface area contributed by atoms with Crippen molar-refractivity contribution in [1.82, 2.24) is 4.98 Å². The minimum atomic E-state index is 0.773. The maximum atomic E-state index is 6.77. The van der Waals surface area contributed by atoms with Gasteiger partial charge in [-0.05, 0) is 93.1 Å². The summed E-state index contributed by atoms with van der Waals surface area (Å²) in [6.07, 6.45) is 6.30. The number of benzene rings is 6. The molecule has 0 unspecified atom stereocenters. The van der Waals surface area contributed by atoms with E-state index in [4.69, 9.17) is 9.72 Å². The topological polar surface area (TPSA) is 25.4 Å². The molecule has 0 amide bonds. The van der Waals surface area contributed by atoms with Crippen molar-refractivity contribution >= 4 is 40.5 Å². The van der Waals surface area contributed by atoms with Crippen LogP contribution in [0.15, 0.2) is 182 Å². The molecule has 3 nitrogen and oxygen atoms in total. The van der Waals surface area contributed by atoms with Gasteiger partial charge in [-0.1, -0.05) is 140 Å². The average molecular weight is 617 g/mol. The second-order valence-electron chi connectivity index (χ2n) is 11.7. The Morgan fingerprint density at radius 2 is 0.833 bits per heavy atom. The highest BCUT2D eigenvalue weighted by Gasteiger charge is 2.27. The summed E-state index contributed by atoms with van der Waals surface area (Å²) in [5.74, 6) is 2.38. The SMILES string of the molecule is C(=C(c1ccccc1)c1ccccc1)c1ccc2c(c1)Oc1cc(C=C(c3ccccc3)c3ccccc3)ccc1N2c1ccccn1. The third kappa shape index (κ3) is 5.93. The van der Waals surface area contributed by atoms with Gasteiger partial charge in [-0.2, -0.15) is 0 Å². The molecule has 2 heterocycles. The van der Waals surface area contributed by atoms with E-state index in [0.29, 0.717) is 0 Å². The second kappa shape index (κ2) is 13.1. The lowest BCUT2D eigenvalue weighted by Crippen LogP contribution is -2.17. The third-order valence-electron chi connectivity index (χ3n) is 8.51. The molecular formula is C45H32N2O. The van der Waals surface area contributed by atoms with Crippen molar-refractivity contribution in [2.75, 3.05) is 4.90 Å². The maximum Gasteiger partial charge on any atom is 0.152 e. The normalized spacial score (nSPS) is 11.5. The molecule has 7 aromatic rings. The first-order valence-electron chi connectivity index (χ1n) is 16.1. The number of nitrogens with zero attached hydrogens (tertiary/aromatic N) is 2. The van der Waals surface area contributed by atoms with Gasteiger partial charge in [0.1, 0.15) is 5.82 Å². The van der Waals surface area contributed by atoms with E-state index in [1.807, 2.05) is 24.4 Å². The van der Waals surface area contributed by atoms with Crippen molar-refractivity contribution in [2.45, 2.75) is 0 Å². The highest BCUT2D eigenvalue weighted by molar-refractivity contribution is 5.94. The van der Waals surface area contributed by atoms with Gasteiger partial charge in [0.25, 0.3) is 0 Å². The van der Waals surface area contributed by atoms with E-state index in [0.717, 1.165) is 73.2 Å². The zero-order chi connectivity index (χ0) is 32.1. The lowest BCUT2D eigenvalue weighted by atomic mass is 9.95. The summed E-state index contributed by atoms with van der Waals surface area (Å²) in [6, 6.07) is 60.9. The first kappa shape index (κ1) is 29.0. The molecular weight excluding hydrogens is 585 g/mol. The van der Waals surface area contributed by atoms with Gasteiger partial charge >= 0.3 is 0 Å². The number of anilines is 3. The molecule has 1 aliphatic rings.